The van der Waals surface area contributed by atoms with Crippen LogP contribution in [0.25, 0.3) is 0 Å². The molecule has 19 heavy (non-hydrogen) atoms. The molecule has 112 valence electrons. The molecule has 0 saturated heterocycles. The standard InChI is InChI=1S/C12H30O3Si4/c1-11-17(6,7)14-18(8,9)15-19(10,12-2)13-16(3,4)5/h11-12H,1-2H2,3-10H3. The van der Waals surface area contributed by atoms with Crippen LogP contribution in [0.4, 0.5) is 0 Å². The van der Waals surface area contributed by atoms with Crippen LogP contribution in [0.2, 0.25) is 52.4 Å². The summed E-state index contributed by atoms with van der Waals surface area (Å²) in [6, 6.07) is 0. The van der Waals surface area contributed by atoms with Crippen molar-refractivity contribution in [1.82, 2.24) is 0 Å². The zero-order chi connectivity index (χ0) is 15.5. The fraction of sp³-hybridized carbons (Fsp3) is 0.667. The van der Waals surface area contributed by atoms with Gasteiger partial charge in [-0.25, -0.2) is 0 Å². The maximum Gasteiger partial charge on any atom is 0.342 e. The Hall–Kier alpha value is 0.228. The molecular weight excluding hydrogens is 304 g/mol. The van der Waals surface area contributed by atoms with Crippen molar-refractivity contribution in [3.05, 3.63) is 24.6 Å². The molecule has 0 spiro atoms. The van der Waals surface area contributed by atoms with Gasteiger partial charge in [0.2, 0.25) is 0 Å². The fourth-order valence-corrected chi connectivity index (χ4v) is 17.8. The third kappa shape index (κ3) is 8.18. The van der Waals surface area contributed by atoms with Gasteiger partial charge in [0.1, 0.15) is 0 Å². The van der Waals surface area contributed by atoms with Gasteiger partial charge in [-0.1, -0.05) is 11.4 Å². The second-order valence-corrected chi connectivity index (χ2v) is 22.4. The van der Waals surface area contributed by atoms with Crippen molar-refractivity contribution in [2.24, 2.45) is 0 Å². The molecule has 0 aromatic rings. The Labute approximate surface area is 123 Å². The summed E-state index contributed by atoms with van der Waals surface area (Å²) in [5, 5.41) is 0. The molecule has 7 heteroatoms. The van der Waals surface area contributed by atoms with E-state index in [1.165, 1.54) is 0 Å². The number of hydrogen-bond acceptors (Lipinski definition) is 3. The minimum atomic E-state index is -2.36. The van der Waals surface area contributed by atoms with Gasteiger partial charge in [-0.15, -0.1) is 13.2 Å². The van der Waals surface area contributed by atoms with Gasteiger partial charge >= 0.3 is 17.1 Å². The van der Waals surface area contributed by atoms with Gasteiger partial charge in [0, 0.05) is 0 Å². The van der Waals surface area contributed by atoms with Gasteiger partial charge < -0.3 is 12.3 Å². The highest BCUT2D eigenvalue weighted by atomic mass is 28.5. The summed E-state index contributed by atoms with van der Waals surface area (Å²) in [4.78, 5) is 0. The summed E-state index contributed by atoms with van der Waals surface area (Å²) in [6.07, 6.45) is 0. The Morgan fingerprint density at radius 1 is 0.684 bits per heavy atom. The van der Waals surface area contributed by atoms with E-state index in [0.717, 1.165) is 0 Å². The molecule has 1 atom stereocenters. The van der Waals surface area contributed by atoms with Crippen LogP contribution in [-0.2, 0) is 12.3 Å². The summed E-state index contributed by atoms with van der Waals surface area (Å²) >= 11 is 0. The van der Waals surface area contributed by atoms with E-state index in [1.54, 1.807) is 0 Å². The largest absolute Gasteiger partial charge is 0.434 e. The highest BCUT2D eigenvalue weighted by molar-refractivity contribution is 6.92. The van der Waals surface area contributed by atoms with E-state index in [9.17, 15) is 0 Å². The molecule has 0 aliphatic carbocycles. The molecule has 0 aliphatic rings. The van der Waals surface area contributed by atoms with Crippen molar-refractivity contribution < 1.29 is 12.3 Å². The summed E-state index contributed by atoms with van der Waals surface area (Å²) in [5.74, 6) is 0. The van der Waals surface area contributed by atoms with Crippen molar-refractivity contribution in [1.29, 1.82) is 0 Å². The zero-order valence-electron chi connectivity index (χ0n) is 13.8. The third-order valence-corrected chi connectivity index (χ3v) is 15.8. The van der Waals surface area contributed by atoms with Gasteiger partial charge in [-0.2, -0.15) is 0 Å². The Bertz CT molecular complexity index is 336. The van der Waals surface area contributed by atoms with Gasteiger partial charge in [0.15, 0.2) is 16.6 Å². The van der Waals surface area contributed by atoms with E-state index in [4.69, 9.17) is 12.3 Å². The van der Waals surface area contributed by atoms with E-state index in [1.807, 2.05) is 11.4 Å². The van der Waals surface area contributed by atoms with E-state index in [2.05, 4.69) is 65.5 Å². The number of rotatable bonds is 8. The average molecular weight is 335 g/mol. The molecule has 0 bridgehead atoms. The molecule has 0 radical (unpaired) electrons. The summed E-state index contributed by atoms with van der Waals surface area (Å²) < 4.78 is 18.8. The highest BCUT2D eigenvalue weighted by Gasteiger charge is 2.43. The van der Waals surface area contributed by atoms with Crippen LogP contribution in [0.1, 0.15) is 0 Å². The Morgan fingerprint density at radius 3 is 1.47 bits per heavy atom. The van der Waals surface area contributed by atoms with Crippen molar-refractivity contribution in [3.63, 3.8) is 0 Å². The van der Waals surface area contributed by atoms with Crippen LogP contribution in [0.5, 0.6) is 0 Å². The maximum absolute atomic E-state index is 6.33. The first-order valence-corrected chi connectivity index (χ1v) is 18.2. The lowest BCUT2D eigenvalue weighted by Crippen LogP contribution is -2.56. The van der Waals surface area contributed by atoms with Gasteiger partial charge in [-0.05, 0) is 52.4 Å². The zero-order valence-corrected chi connectivity index (χ0v) is 17.8. The van der Waals surface area contributed by atoms with Gasteiger partial charge in [0.05, 0.1) is 0 Å². The highest BCUT2D eigenvalue weighted by Crippen LogP contribution is 2.24. The molecule has 0 N–H and O–H groups in total. The van der Waals surface area contributed by atoms with Crippen LogP contribution >= 0.6 is 0 Å². The average Bonchev–Trinajstić information content (AvgIpc) is 2.11. The molecule has 3 nitrogen and oxygen atoms in total. The normalized spacial score (nSPS) is 16.8. The third-order valence-electron chi connectivity index (χ3n) is 2.33. The first-order valence-electron chi connectivity index (χ1n) is 6.62. The van der Waals surface area contributed by atoms with Crippen LogP contribution < -0.4 is 0 Å². The molecule has 0 amide bonds. The Kier molecular flexibility index (Phi) is 6.41. The Morgan fingerprint density at radius 2 is 1.16 bits per heavy atom. The topological polar surface area (TPSA) is 27.7 Å². The molecule has 0 saturated carbocycles. The molecule has 0 aromatic carbocycles. The van der Waals surface area contributed by atoms with E-state index >= 15 is 0 Å². The summed E-state index contributed by atoms with van der Waals surface area (Å²) in [6.45, 7) is 24.7. The lowest BCUT2D eigenvalue weighted by Gasteiger charge is -2.39. The molecule has 1 unspecified atom stereocenters. The quantitative estimate of drug-likeness (QED) is 0.619. The van der Waals surface area contributed by atoms with Crippen molar-refractivity contribution in [2.45, 2.75) is 52.4 Å². The summed E-state index contributed by atoms with van der Waals surface area (Å²) in [5.41, 5.74) is 3.81. The first-order chi connectivity index (χ1) is 8.24. The van der Waals surface area contributed by atoms with E-state index < -0.39 is 33.8 Å². The van der Waals surface area contributed by atoms with Crippen LogP contribution in [-0.4, -0.2) is 33.8 Å². The smallest absolute Gasteiger partial charge is 0.342 e. The van der Waals surface area contributed by atoms with Crippen molar-refractivity contribution >= 4 is 33.8 Å². The Balaban J connectivity index is 4.95. The lowest BCUT2D eigenvalue weighted by molar-refractivity contribution is 0.337. The molecule has 0 heterocycles. The maximum atomic E-state index is 6.33. The molecule has 0 fully saturated rings. The van der Waals surface area contributed by atoms with E-state index in [-0.39, 0.29) is 0 Å². The minimum absolute atomic E-state index is 1.66. The fourth-order valence-electron chi connectivity index (χ4n) is 1.90. The molecule has 0 aromatic heterocycles. The second-order valence-electron chi connectivity index (χ2n) is 6.85. The van der Waals surface area contributed by atoms with Crippen LogP contribution in [0, 0.1) is 0 Å². The lowest BCUT2D eigenvalue weighted by atomic mass is 11.3. The number of hydrogen-bond donors (Lipinski definition) is 0. The van der Waals surface area contributed by atoms with Gasteiger partial charge in [0.25, 0.3) is 0 Å². The molecular formula is C12H30O3Si4. The molecule has 0 rings (SSSR count). The predicted molar refractivity (Wildman–Crippen MR) is 93.6 cm³/mol. The van der Waals surface area contributed by atoms with Crippen molar-refractivity contribution in [2.75, 3.05) is 0 Å². The summed E-state index contributed by atoms with van der Waals surface area (Å²) in [7, 11) is -8.09. The monoisotopic (exact) mass is 334 g/mol. The molecule has 0 aliphatic heterocycles. The van der Waals surface area contributed by atoms with Crippen LogP contribution in [0.3, 0.4) is 0 Å². The van der Waals surface area contributed by atoms with E-state index in [0.29, 0.717) is 0 Å². The second kappa shape index (κ2) is 6.33. The van der Waals surface area contributed by atoms with Crippen LogP contribution in [0.15, 0.2) is 24.6 Å². The van der Waals surface area contributed by atoms with Gasteiger partial charge in [-0.3, -0.25) is 0 Å². The predicted octanol–water partition coefficient (Wildman–Crippen LogP) is 4.30. The van der Waals surface area contributed by atoms with Crippen molar-refractivity contribution in [3.8, 4) is 0 Å². The first kappa shape index (κ1) is 19.2. The SMILES string of the molecule is C=C[Si](C)(C)O[Si](C)(C)O[Si](C)(C=C)O[Si](C)(C)C. The minimum Gasteiger partial charge on any atom is -0.434 e.